The molecule has 0 atom stereocenters. The molecule has 0 saturated carbocycles. The van der Waals surface area contributed by atoms with Gasteiger partial charge in [-0.3, -0.25) is 4.79 Å². The van der Waals surface area contributed by atoms with Crippen LogP contribution in [0.1, 0.15) is 29.4 Å². The van der Waals surface area contributed by atoms with Crippen molar-refractivity contribution in [3.8, 4) is 5.88 Å². The molecular weight excluding hydrogens is 277 g/mol. The van der Waals surface area contributed by atoms with E-state index in [0.29, 0.717) is 12.7 Å². The number of halogens is 3. The minimum Gasteiger partial charge on any atom is -0.475 e. The fourth-order valence-corrected chi connectivity index (χ4v) is 1.34. The summed E-state index contributed by atoms with van der Waals surface area (Å²) in [5.41, 5.74) is 3.71. The number of pyridine rings is 1. The maximum Gasteiger partial charge on any atom is 0.433 e. The molecule has 0 radical (unpaired) electrons. The fraction of sp³-hybridized carbons (Fsp3) is 0.500. The van der Waals surface area contributed by atoms with Crippen LogP contribution in [-0.2, 0) is 10.9 Å². The van der Waals surface area contributed by atoms with E-state index in [1.807, 2.05) is 6.92 Å². The number of carbonyl (C=O) groups excluding carboxylic acids is 1. The number of primary amides is 1. The van der Waals surface area contributed by atoms with E-state index < -0.39 is 23.7 Å². The zero-order chi connectivity index (χ0) is 15.2. The first kappa shape index (κ1) is 16.2. The van der Waals surface area contributed by atoms with Gasteiger partial charge in [0.1, 0.15) is 17.9 Å². The molecule has 0 aliphatic heterocycles. The molecule has 1 aromatic rings. The highest BCUT2D eigenvalue weighted by molar-refractivity contribution is 5.95. The number of alkyl halides is 3. The van der Waals surface area contributed by atoms with Gasteiger partial charge in [0.15, 0.2) is 0 Å². The maximum atomic E-state index is 12.5. The molecule has 0 spiro atoms. The number of carbonyl (C=O) groups is 1. The van der Waals surface area contributed by atoms with Crippen LogP contribution in [0.4, 0.5) is 13.2 Å². The largest absolute Gasteiger partial charge is 0.475 e. The van der Waals surface area contributed by atoms with Crippen LogP contribution in [0, 0.1) is 0 Å². The van der Waals surface area contributed by atoms with Gasteiger partial charge in [0.25, 0.3) is 5.91 Å². The standard InChI is InChI=1S/C12H15F3N2O3/c1-2-5-19-6-7-20-11-8(10(16)18)3-4-9(17-11)12(13,14)15/h3-4H,2,5-7H2,1H3,(H2,16,18). The minimum atomic E-state index is -4.62. The fourth-order valence-electron chi connectivity index (χ4n) is 1.34. The van der Waals surface area contributed by atoms with Gasteiger partial charge in [-0.15, -0.1) is 0 Å². The van der Waals surface area contributed by atoms with Gasteiger partial charge in [0.05, 0.1) is 6.61 Å². The molecule has 112 valence electrons. The molecule has 0 bridgehead atoms. The zero-order valence-electron chi connectivity index (χ0n) is 10.9. The first-order valence-electron chi connectivity index (χ1n) is 5.94. The van der Waals surface area contributed by atoms with E-state index in [9.17, 15) is 18.0 Å². The molecule has 0 aromatic carbocycles. The van der Waals surface area contributed by atoms with Gasteiger partial charge in [0, 0.05) is 6.61 Å². The van der Waals surface area contributed by atoms with Gasteiger partial charge in [-0.1, -0.05) is 6.92 Å². The Kier molecular flexibility index (Phi) is 5.75. The van der Waals surface area contributed by atoms with Gasteiger partial charge in [-0.2, -0.15) is 13.2 Å². The van der Waals surface area contributed by atoms with Crippen LogP contribution in [0.25, 0.3) is 0 Å². The molecule has 2 N–H and O–H groups in total. The molecule has 1 amide bonds. The predicted octanol–water partition coefficient (Wildman–Crippen LogP) is 2.00. The first-order chi connectivity index (χ1) is 9.36. The third-order valence-corrected chi connectivity index (χ3v) is 2.23. The number of hydrogen-bond acceptors (Lipinski definition) is 4. The summed E-state index contributed by atoms with van der Waals surface area (Å²) >= 11 is 0. The van der Waals surface area contributed by atoms with Crippen molar-refractivity contribution in [2.75, 3.05) is 19.8 Å². The number of ether oxygens (including phenoxy) is 2. The van der Waals surface area contributed by atoms with E-state index in [-0.39, 0.29) is 18.8 Å². The van der Waals surface area contributed by atoms with Crippen molar-refractivity contribution < 1.29 is 27.4 Å². The van der Waals surface area contributed by atoms with Crippen LogP contribution in [0.3, 0.4) is 0 Å². The van der Waals surface area contributed by atoms with E-state index in [0.717, 1.165) is 12.5 Å². The Morgan fingerprint density at radius 3 is 2.55 bits per heavy atom. The van der Waals surface area contributed by atoms with Crippen molar-refractivity contribution in [3.05, 3.63) is 23.4 Å². The van der Waals surface area contributed by atoms with Crippen molar-refractivity contribution in [1.82, 2.24) is 4.98 Å². The number of nitrogens with two attached hydrogens (primary N) is 1. The average Bonchev–Trinajstić information content (AvgIpc) is 2.37. The van der Waals surface area contributed by atoms with Gasteiger partial charge in [-0.05, 0) is 18.6 Å². The third kappa shape index (κ3) is 4.69. The molecule has 1 rings (SSSR count). The summed E-state index contributed by atoms with van der Waals surface area (Å²) < 4.78 is 47.7. The van der Waals surface area contributed by atoms with Crippen LogP contribution in [0.15, 0.2) is 12.1 Å². The quantitative estimate of drug-likeness (QED) is 0.780. The van der Waals surface area contributed by atoms with Gasteiger partial charge in [0.2, 0.25) is 5.88 Å². The van der Waals surface area contributed by atoms with Crippen LogP contribution in [0.5, 0.6) is 5.88 Å². The lowest BCUT2D eigenvalue weighted by atomic mass is 10.2. The second-order valence-corrected chi connectivity index (χ2v) is 3.87. The molecule has 5 nitrogen and oxygen atoms in total. The summed E-state index contributed by atoms with van der Waals surface area (Å²) in [6.07, 6.45) is -3.80. The molecule has 0 aliphatic rings. The number of rotatable bonds is 7. The van der Waals surface area contributed by atoms with Crippen molar-refractivity contribution in [2.24, 2.45) is 5.73 Å². The zero-order valence-corrected chi connectivity index (χ0v) is 10.9. The molecule has 8 heteroatoms. The molecule has 1 heterocycles. The van der Waals surface area contributed by atoms with Crippen LogP contribution in [0.2, 0.25) is 0 Å². The topological polar surface area (TPSA) is 74.4 Å². The summed E-state index contributed by atoms with van der Waals surface area (Å²) in [4.78, 5) is 14.4. The summed E-state index contributed by atoms with van der Waals surface area (Å²) in [5, 5.41) is 0. The van der Waals surface area contributed by atoms with Crippen molar-refractivity contribution in [2.45, 2.75) is 19.5 Å². The van der Waals surface area contributed by atoms with Crippen molar-refractivity contribution in [3.63, 3.8) is 0 Å². The first-order valence-corrected chi connectivity index (χ1v) is 5.94. The van der Waals surface area contributed by atoms with E-state index in [1.165, 1.54) is 0 Å². The third-order valence-electron chi connectivity index (χ3n) is 2.23. The van der Waals surface area contributed by atoms with Crippen LogP contribution in [-0.4, -0.2) is 30.7 Å². The van der Waals surface area contributed by atoms with Gasteiger partial charge < -0.3 is 15.2 Å². The highest BCUT2D eigenvalue weighted by Crippen LogP contribution is 2.30. The molecular formula is C12H15F3N2O3. The molecule has 20 heavy (non-hydrogen) atoms. The molecule has 0 saturated heterocycles. The molecule has 0 unspecified atom stereocenters. The lowest BCUT2D eigenvalue weighted by Crippen LogP contribution is -2.18. The van der Waals surface area contributed by atoms with E-state index >= 15 is 0 Å². The average molecular weight is 292 g/mol. The summed E-state index contributed by atoms with van der Waals surface area (Å²) in [7, 11) is 0. The Balaban J connectivity index is 2.81. The Labute approximate surface area is 113 Å². The van der Waals surface area contributed by atoms with Crippen molar-refractivity contribution in [1.29, 1.82) is 0 Å². The van der Waals surface area contributed by atoms with Crippen LogP contribution < -0.4 is 10.5 Å². The smallest absolute Gasteiger partial charge is 0.433 e. The second kappa shape index (κ2) is 7.09. The minimum absolute atomic E-state index is 0.0193. The molecule has 1 aromatic heterocycles. The summed E-state index contributed by atoms with van der Waals surface area (Å²) in [5.74, 6) is -1.34. The Bertz CT molecular complexity index is 464. The number of hydrogen-bond donors (Lipinski definition) is 1. The van der Waals surface area contributed by atoms with Gasteiger partial charge in [-0.25, -0.2) is 4.98 Å². The molecule has 0 fully saturated rings. The highest BCUT2D eigenvalue weighted by Gasteiger charge is 2.33. The Morgan fingerprint density at radius 2 is 2.00 bits per heavy atom. The normalized spacial score (nSPS) is 11.4. The Morgan fingerprint density at radius 1 is 1.30 bits per heavy atom. The van der Waals surface area contributed by atoms with E-state index in [4.69, 9.17) is 15.2 Å². The molecule has 0 aliphatic carbocycles. The van der Waals surface area contributed by atoms with E-state index in [1.54, 1.807) is 0 Å². The number of amides is 1. The summed E-state index contributed by atoms with van der Waals surface area (Å²) in [6, 6.07) is 1.63. The van der Waals surface area contributed by atoms with E-state index in [2.05, 4.69) is 4.98 Å². The maximum absolute atomic E-state index is 12.5. The Hall–Kier alpha value is -1.83. The van der Waals surface area contributed by atoms with Gasteiger partial charge >= 0.3 is 6.18 Å². The monoisotopic (exact) mass is 292 g/mol. The lowest BCUT2D eigenvalue weighted by Gasteiger charge is -2.12. The number of nitrogens with zero attached hydrogens (tertiary/aromatic N) is 1. The number of aromatic nitrogens is 1. The van der Waals surface area contributed by atoms with Crippen molar-refractivity contribution >= 4 is 5.91 Å². The highest BCUT2D eigenvalue weighted by atomic mass is 19.4. The SMILES string of the molecule is CCCOCCOc1nc(C(F)(F)F)ccc1C(N)=O. The van der Waals surface area contributed by atoms with Crippen LogP contribution >= 0.6 is 0 Å². The second-order valence-electron chi connectivity index (χ2n) is 3.87. The summed E-state index contributed by atoms with van der Waals surface area (Å²) in [6.45, 7) is 2.60. The lowest BCUT2D eigenvalue weighted by molar-refractivity contribution is -0.141. The predicted molar refractivity (Wildman–Crippen MR) is 64.4 cm³/mol.